The molecule has 1 N–H and O–H groups in total. The third kappa shape index (κ3) is 3.08. The van der Waals surface area contributed by atoms with E-state index >= 15 is 0 Å². The molecule has 1 aromatic heterocycles. The van der Waals surface area contributed by atoms with Crippen molar-refractivity contribution in [3.8, 4) is 0 Å². The third-order valence-corrected chi connectivity index (χ3v) is 5.40. The molecule has 134 valence electrons. The molecule has 0 unspecified atom stereocenters. The van der Waals surface area contributed by atoms with Crippen LogP contribution in [0.2, 0.25) is 0 Å². The fourth-order valence-electron chi connectivity index (χ4n) is 3.95. The minimum atomic E-state index is -0.318. The van der Waals surface area contributed by atoms with Crippen LogP contribution in [0.4, 0.5) is 0 Å². The van der Waals surface area contributed by atoms with E-state index in [0.29, 0.717) is 32.8 Å². The Morgan fingerprint density at radius 2 is 1.84 bits per heavy atom. The molecule has 7 heteroatoms. The van der Waals surface area contributed by atoms with Crippen molar-refractivity contribution in [1.29, 1.82) is 0 Å². The molecule has 4 rings (SSSR count). The monoisotopic (exact) mass is 345 g/mol. The molecule has 0 aromatic carbocycles. The lowest BCUT2D eigenvalue weighted by atomic mass is 10.1. The molecule has 2 saturated heterocycles. The van der Waals surface area contributed by atoms with Crippen LogP contribution in [0.25, 0.3) is 0 Å². The number of carbonyl (C=O) groups is 2. The summed E-state index contributed by atoms with van der Waals surface area (Å²) in [5, 5.41) is 0. The van der Waals surface area contributed by atoms with Gasteiger partial charge >= 0.3 is 0 Å². The number of aromatic amines is 1. The van der Waals surface area contributed by atoms with Crippen molar-refractivity contribution in [2.24, 2.45) is 0 Å². The maximum Gasteiger partial charge on any atom is 0.261 e. The van der Waals surface area contributed by atoms with E-state index in [0.717, 1.165) is 43.4 Å². The van der Waals surface area contributed by atoms with Gasteiger partial charge in [-0.15, -0.1) is 0 Å². The van der Waals surface area contributed by atoms with Crippen LogP contribution in [0.15, 0.2) is 10.9 Å². The summed E-state index contributed by atoms with van der Waals surface area (Å²) in [5.41, 5.74) is 1.96. The number of piperazine rings is 1. The Morgan fingerprint density at radius 1 is 1.08 bits per heavy atom. The number of amides is 2. The van der Waals surface area contributed by atoms with Crippen molar-refractivity contribution in [2.75, 3.05) is 32.8 Å². The second-order valence-electron chi connectivity index (χ2n) is 6.99. The Balaban J connectivity index is 1.41. The van der Waals surface area contributed by atoms with Gasteiger partial charge < -0.3 is 19.5 Å². The standard InChI is InChI=1S/C18H23N3O4/c22-16-13(11-12-3-1-4-14(12)19-16)17(23)20-6-8-21(9-7-20)18(24)15-5-2-10-25-15/h11,15H,1-10H2,(H,19,22)/t15-/m0/s1. The first kappa shape index (κ1) is 16.3. The lowest BCUT2D eigenvalue weighted by molar-refractivity contribution is -0.142. The summed E-state index contributed by atoms with van der Waals surface area (Å²) in [6, 6.07) is 1.76. The van der Waals surface area contributed by atoms with Crippen molar-refractivity contribution >= 4 is 11.8 Å². The highest BCUT2D eigenvalue weighted by Gasteiger charge is 2.32. The van der Waals surface area contributed by atoms with Crippen molar-refractivity contribution in [1.82, 2.24) is 14.8 Å². The second-order valence-corrected chi connectivity index (χ2v) is 6.99. The van der Waals surface area contributed by atoms with Gasteiger partial charge in [0, 0.05) is 38.5 Å². The molecule has 0 saturated carbocycles. The van der Waals surface area contributed by atoms with Gasteiger partial charge in [0.15, 0.2) is 0 Å². The molecule has 7 nitrogen and oxygen atoms in total. The number of fused-ring (bicyclic) bond motifs is 1. The zero-order valence-electron chi connectivity index (χ0n) is 14.3. The van der Waals surface area contributed by atoms with E-state index in [1.807, 2.05) is 0 Å². The van der Waals surface area contributed by atoms with Crippen LogP contribution in [0.3, 0.4) is 0 Å². The van der Waals surface area contributed by atoms with Crippen molar-refractivity contribution < 1.29 is 14.3 Å². The maximum absolute atomic E-state index is 12.7. The highest BCUT2D eigenvalue weighted by atomic mass is 16.5. The van der Waals surface area contributed by atoms with E-state index in [2.05, 4.69) is 4.98 Å². The van der Waals surface area contributed by atoms with Crippen LogP contribution in [-0.2, 0) is 22.4 Å². The summed E-state index contributed by atoms with van der Waals surface area (Å²) in [6.07, 6.45) is 4.20. The first-order valence-electron chi connectivity index (χ1n) is 9.08. The quantitative estimate of drug-likeness (QED) is 0.837. The van der Waals surface area contributed by atoms with Gasteiger partial charge in [0.05, 0.1) is 0 Å². The Kier molecular flexibility index (Phi) is 4.33. The lowest BCUT2D eigenvalue weighted by Gasteiger charge is -2.35. The molecular weight excluding hydrogens is 322 g/mol. The number of carbonyl (C=O) groups excluding carboxylic acids is 2. The summed E-state index contributed by atoms with van der Waals surface area (Å²) in [6.45, 7) is 2.54. The average Bonchev–Trinajstić information content (AvgIpc) is 3.31. The van der Waals surface area contributed by atoms with Gasteiger partial charge in [-0.25, -0.2) is 0 Å². The van der Waals surface area contributed by atoms with Gasteiger partial charge in [0.2, 0.25) is 0 Å². The van der Waals surface area contributed by atoms with E-state index in [9.17, 15) is 14.4 Å². The molecule has 0 spiro atoms. The summed E-state index contributed by atoms with van der Waals surface area (Å²) in [7, 11) is 0. The lowest BCUT2D eigenvalue weighted by Crippen LogP contribution is -2.53. The Morgan fingerprint density at radius 3 is 2.56 bits per heavy atom. The zero-order chi connectivity index (χ0) is 17.4. The number of hydrogen-bond donors (Lipinski definition) is 1. The first-order valence-corrected chi connectivity index (χ1v) is 9.08. The summed E-state index contributed by atoms with van der Waals surface area (Å²) >= 11 is 0. The number of pyridine rings is 1. The predicted molar refractivity (Wildman–Crippen MR) is 90.5 cm³/mol. The molecule has 0 radical (unpaired) electrons. The molecule has 2 amide bonds. The number of ether oxygens (including phenoxy) is 1. The highest BCUT2D eigenvalue weighted by molar-refractivity contribution is 5.94. The topological polar surface area (TPSA) is 82.7 Å². The number of aryl methyl sites for hydroxylation is 2. The minimum absolute atomic E-state index is 0.0278. The van der Waals surface area contributed by atoms with Crippen LogP contribution < -0.4 is 5.56 Å². The van der Waals surface area contributed by atoms with Crippen LogP contribution in [0.1, 0.15) is 40.9 Å². The number of nitrogens with one attached hydrogen (secondary N) is 1. The first-order chi connectivity index (χ1) is 12.1. The van der Waals surface area contributed by atoms with Crippen molar-refractivity contribution in [3.63, 3.8) is 0 Å². The van der Waals surface area contributed by atoms with Gasteiger partial charge in [0.25, 0.3) is 17.4 Å². The second kappa shape index (κ2) is 6.63. The Labute approximate surface area is 145 Å². The van der Waals surface area contributed by atoms with Gasteiger partial charge in [-0.2, -0.15) is 0 Å². The third-order valence-electron chi connectivity index (χ3n) is 5.40. The molecule has 1 aromatic rings. The molecule has 0 bridgehead atoms. The molecule has 2 fully saturated rings. The number of H-pyrrole nitrogens is 1. The average molecular weight is 345 g/mol. The smallest absolute Gasteiger partial charge is 0.261 e. The largest absolute Gasteiger partial charge is 0.368 e. The SMILES string of the molecule is O=C(c1cc2c([nH]c1=O)CCC2)N1CCN(C(=O)[C@@H]2CCCO2)CC1. The Hall–Kier alpha value is -2.15. The van der Waals surface area contributed by atoms with Crippen LogP contribution >= 0.6 is 0 Å². The normalized spacial score (nSPS) is 23.0. The number of aromatic nitrogens is 1. The molecule has 3 heterocycles. The van der Waals surface area contributed by atoms with E-state index in [1.165, 1.54) is 0 Å². The summed E-state index contributed by atoms with van der Waals surface area (Å²) in [4.78, 5) is 43.6. The summed E-state index contributed by atoms with van der Waals surface area (Å²) in [5.74, 6) is -0.208. The van der Waals surface area contributed by atoms with Crippen LogP contribution in [0, 0.1) is 0 Å². The van der Waals surface area contributed by atoms with Crippen LogP contribution in [-0.4, -0.2) is 65.5 Å². The molecule has 1 atom stereocenters. The van der Waals surface area contributed by atoms with Crippen molar-refractivity contribution in [3.05, 3.63) is 33.2 Å². The van der Waals surface area contributed by atoms with Gasteiger partial charge in [-0.3, -0.25) is 14.4 Å². The van der Waals surface area contributed by atoms with Gasteiger partial charge in [-0.05, 0) is 43.7 Å². The van der Waals surface area contributed by atoms with Crippen LogP contribution in [0.5, 0.6) is 0 Å². The van der Waals surface area contributed by atoms with E-state index < -0.39 is 0 Å². The van der Waals surface area contributed by atoms with Crippen molar-refractivity contribution in [2.45, 2.75) is 38.2 Å². The van der Waals surface area contributed by atoms with E-state index in [1.54, 1.807) is 15.9 Å². The van der Waals surface area contributed by atoms with E-state index in [-0.39, 0.29) is 29.0 Å². The molecule has 25 heavy (non-hydrogen) atoms. The number of rotatable bonds is 2. The number of hydrogen-bond acceptors (Lipinski definition) is 4. The number of nitrogens with zero attached hydrogens (tertiary/aromatic N) is 2. The minimum Gasteiger partial charge on any atom is -0.368 e. The fourth-order valence-corrected chi connectivity index (χ4v) is 3.95. The predicted octanol–water partition coefficient (Wildman–Crippen LogP) is 0.327. The highest BCUT2D eigenvalue weighted by Crippen LogP contribution is 2.20. The molecule has 1 aliphatic carbocycles. The Bertz CT molecular complexity index is 743. The van der Waals surface area contributed by atoms with E-state index in [4.69, 9.17) is 4.74 Å². The zero-order valence-corrected chi connectivity index (χ0v) is 14.3. The maximum atomic E-state index is 12.7. The molecular formula is C18H23N3O4. The fraction of sp³-hybridized carbons (Fsp3) is 0.611. The molecule has 2 aliphatic heterocycles. The van der Waals surface area contributed by atoms with Gasteiger partial charge in [-0.1, -0.05) is 0 Å². The summed E-state index contributed by atoms with van der Waals surface area (Å²) < 4.78 is 5.45. The van der Waals surface area contributed by atoms with Gasteiger partial charge in [0.1, 0.15) is 11.7 Å². The molecule has 3 aliphatic rings.